The molecule has 0 saturated heterocycles. The number of hydrogen-bond acceptors (Lipinski definition) is 5. The Bertz CT molecular complexity index is 633. The Morgan fingerprint density at radius 1 is 1.29 bits per heavy atom. The molecule has 1 heterocycles. The van der Waals surface area contributed by atoms with Crippen molar-refractivity contribution in [1.82, 2.24) is 9.97 Å². The second-order valence-electron chi connectivity index (χ2n) is 4.80. The highest BCUT2D eigenvalue weighted by Gasteiger charge is 2.06. The monoisotopic (exact) mass is 281 g/mol. The fourth-order valence-electron chi connectivity index (χ4n) is 1.92. The summed E-state index contributed by atoms with van der Waals surface area (Å²) in [6, 6.07) is 11.3. The molecule has 0 unspecified atom stereocenters. The lowest BCUT2D eigenvalue weighted by molar-refractivity contribution is 0.750. The number of hydrogen-bond donors (Lipinski definition) is 1. The van der Waals surface area contributed by atoms with Crippen molar-refractivity contribution in [3.63, 3.8) is 0 Å². The van der Waals surface area contributed by atoms with Crippen LogP contribution in [0.25, 0.3) is 0 Å². The number of aromatic nitrogens is 2. The van der Waals surface area contributed by atoms with E-state index in [1.165, 1.54) is 0 Å². The molecule has 1 aromatic carbocycles. The molecule has 0 saturated carbocycles. The van der Waals surface area contributed by atoms with Crippen molar-refractivity contribution >= 4 is 17.5 Å². The smallest absolute Gasteiger partial charge is 0.227 e. The van der Waals surface area contributed by atoms with Crippen LogP contribution < -0.4 is 10.2 Å². The van der Waals surface area contributed by atoms with Gasteiger partial charge in [-0.05, 0) is 24.6 Å². The third-order valence-electron chi connectivity index (χ3n) is 3.14. The summed E-state index contributed by atoms with van der Waals surface area (Å²) in [7, 11) is 1.98. The van der Waals surface area contributed by atoms with Gasteiger partial charge in [-0.2, -0.15) is 10.2 Å². The van der Waals surface area contributed by atoms with Gasteiger partial charge in [0.2, 0.25) is 5.95 Å². The minimum absolute atomic E-state index is 0.594. The number of para-hydroxylation sites is 1. The highest BCUT2D eigenvalue weighted by atomic mass is 15.2. The average Bonchev–Trinajstić information content (AvgIpc) is 2.53. The largest absolute Gasteiger partial charge is 0.344 e. The Morgan fingerprint density at radius 3 is 2.86 bits per heavy atom. The number of anilines is 3. The summed E-state index contributed by atoms with van der Waals surface area (Å²) in [5.41, 5.74) is 1.35. The molecule has 0 fully saturated rings. The minimum atomic E-state index is 0.594. The lowest BCUT2D eigenvalue weighted by Crippen LogP contribution is -2.21. The van der Waals surface area contributed by atoms with Crippen molar-refractivity contribution < 1.29 is 0 Å². The van der Waals surface area contributed by atoms with Gasteiger partial charge in [-0.25, -0.2) is 4.98 Å². The van der Waals surface area contributed by atoms with Gasteiger partial charge in [0.15, 0.2) is 0 Å². The van der Waals surface area contributed by atoms with Crippen LogP contribution in [0.15, 0.2) is 36.5 Å². The van der Waals surface area contributed by atoms with Crippen LogP contribution in [0.3, 0.4) is 0 Å². The van der Waals surface area contributed by atoms with Crippen LogP contribution in [0.5, 0.6) is 0 Å². The van der Waals surface area contributed by atoms with Crippen molar-refractivity contribution in [3.8, 4) is 6.07 Å². The number of benzene rings is 1. The van der Waals surface area contributed by atoms with Gasteiger partial charge in [0.25, 0.3) is 0 Å². The normalized spacial score (nSPS) is 9.95. The quantitative estimate of drug-likeness (QED) is 0.879. The van der Waals surface area contributed by atoms with E-state index in [2.05, 4.69) is 28.3 Å². The molecule has 108 valence electrons. The lowest BCUT2D eigenvalue weighted by Gasteiger charge is -2.17. The molecule has 1 aromatic heterocycles. The first-order valence-electron chi connectivity index (χ1n) is 7.05. The van der Waals surface area contributed by atoms with Gasteiger partial charge in [0.05, 0.1) is 11.3 Å². The van der Waals surface area contributed by atoms with Crippen LogP contribution in [0.1, 0.15) is 25.3 Å². The van der Waals surface area contributed by atoms with E-state index < -0.39 is 0 Å². The zero-order valence-corrected chi connectivity index (χ0v) is 12.4. The van der Waals surface area contributed by atoms with Crippen molar-refractivity contribution in [1.29, 1.82) is 5.26 Å². The van der Waals surface area contributed by atoms with Crippen LogP contribution in [-0.2, 0) is 0 Å². The van der Waals surface area contributed by atoms with E-state index in [1.807, 2.05) is 30.1 Å². The molecule has 0 atom stereocenters. The van der Waals surface area contributed by atoms with Gasteiger partial charge in [-0.1, -0.05) is 25.5 Å². The highest BCUT2D eigenvalue weighted by Crippen LogP contribution is 2.19. The first-order chi connectivity index (χ1) is 10.2. The number of rotatable bonds is 6. The summed E-state index contributed by atoms with van der Waals surface area (Å²) >= 11 is 0. The molecule has 0 bridgehead atoms. The summed E-state index contributed by atoms with van der Waals surface area (Å²) < 4.78 is 0. The van der Waals surface area contributed by atoms with Crippen molar-refractivity contribution in [3.05, 3.63) is 42.1 Å². The van der Waals surface area contributed by atoms with Gasteiger partial charge in [-0.15, -0.1) is 0 Å². The number of nitriles is 1. The van der Waals surface area contributed by atoms with Gasteiger partial charge in [0, 0.05) is 19.8 Å². The van der Waals surface area contributed by atoms with Crippen LogP contribution in [0, 0.1) is 11.3 Å². The summed E-state index contributed by atoms with van der Waals surface area (Å²) in [6.07, 6.45) is 3.97. The number of unbranched alkanes of at least 4 members (excludes halogenated alkanes) is 1. The van der Waals surface area contributed by atoms with Crippen molar-refractivity contribution in [2.75, 3.05) is 23.8 Å². The zero-order chi connectivity index (χ0) is 15.1. The number of nitrogens with zero attached hydrogens (tertiary/aromatic N) is 4. The van der Waals surface area contributed by atoms with E-state index in [0.717, 1.165) is 25.1 Å². The maximum atomic E-state index is 9.11. The van der Waals surface area contributed by atoms with Gasteiger partial charge >= 0.3 is 0 Å². The third kappa shape index (κ3) is 3.93. The molecule has 0 radical (unpaired) electrons. The van der Waals surface area contributed by atoms with Gasteiger partial charge in [-0.3, -0.25) is 0 Å². The third-order valence-corrected chi connectivity index (χ3v) is 3.14. The summed E-state index contributed by atoms with van der Waals surface area (Å²) in [5.74, 6) is 1.37. The topological polar surface area (TPSA) is 64.8 Å². The molecule has 5 nitrogen and oxygen atoms in total. The SMILES string of the molecule is CCCCN(C)c1nccc(Nc2ccccc2C#N)n1. The molecule has 0 amide bonds. The van der Waals surface area contributed by atoms with Gasteiger partial charge < -0.3 is 10.2 Å². The van der Waals surface area contributed by atoms with Crippen LogP contribution in [-0.4, -0.2) is 23.6 Å². The molecule has 0 aliphatic carbocycles. The molecule has 0 aliphatic heterocycles. The fraction of sp³-hybridized carbons (Fsp3) is 0.312. The maximum Gasteiger partial charge on any atom is 0.227 e. The lowest BCUT2D eigenvalue weighted by atomic mass is 10.2. The van der Waals surface area contributed by atoms with Crippen LogP contribution in [0.4, 0.5) is 17.5 Å². The summed E-state index contributed by atoms with van der Waals surface area (Å²) in [5, 5.41) is 12.3. The Kier molecular flexibility index (Phi) is 5.10. The van der Waals surface area contributed by atoms with Gasteiger partial charge in [0.1, 0.15) is 11.9 Å². The highest BCUT2D eigenvalue weighted by molar-refractivity contribution is 5.64. The van der Waals surface area contributed by atoms with E-state index >= 15 is 0 Å². The maximum absolute atomic E-state index is 9.11. The molecular formula is C16H19N5. The molecule has 0 aliphatic rings. The Hall–Kier alpha value is -2.61. The van der Waals surface area contributed by atoms with Crippen LogP contribution in [0.2, 0.25) is 0 Å². The fourth-order valence-corrected chi connectivity index (χ4v) is 1.92. The molecule has 0 spiro atoms. The van der Waals surface area contributed by atoms with E-state index in [4.69, 9.17) is 5.26 Å². The van der Waals surface area contributed by atoms with Crippen LogP contribution >= 0.6 is 0 Å². The second kappa shape index (κ2) is 7.25. The summed E-state index contributed by atoms with van der Waals surface area (Å²) in [4.78, 5) is 10.8. The average molecular weight is 281 g/mol. The predicted octanol–water partition coefficient (Wildman–Crippen LogP) is 3.33. The van der Waals surface area contributed by atoms with Crippen molar-refractivity contribution in [2.45, 2.75) is 19.8 Å². The first-order valence-corrected chi connectivity index (χ1v) is 7.05. The van der Waals surface area contributed by atoms with E-state index in [1.54, 1.807) is 18.3 Å². The molecular weight excluding hydrogens is 262 g/mol. The summed E-state index contributed by atoms with van der Waals surface area (Å²) in [6.45, 7) is 3.08. The molecule has 5 heteroatoms. The molecule has 1 N–H and O–H groups in total. The Morgan fingerprint density at radius 2 is 2.10 bits per heavy atom. The van der Waals surface area contributed by atoms with E-state index in [-0.39, 0.29) is 0 Å². The molecule has 2 aromatic rings. The van der Waals surface area contributed by atoms with Crippen molar-refractivity contribution in [2.24, 2.45) is 0 Å². The Balaban J connectivity index is 2.16. The number of nitrogens with one attached hydrogen (secondary N) is 1. The minimum Gasteiger partial charge on any atom is -0.344 e. The Labute approximate surface area is 125 Å². The molecule has 21 heavy (non-hydrogen) atoms. The molecule has 2 rings (SSSR count). The second-order valence-corrected chi connectivity index (χ2v) is 4.80. The zero-order valence-electron chi connectivity index (χ0n) is 12.4. The standard InChI is InChI=1S/C16H19N5/c1-3-4-11-21(2)16-18-10-9-15(20-16)19-14-8-6-5-7-13(14)12-17/h5-10H,3-4,11H2,1-2H3,(H,18,19,20). The van der Waals surface area contributed by atoms with E-state index in [9.17, 15) is 0 Å². The van der Waals surface area contributed by atoms with E-state index in [0.29, 0.717) is 17.3 Å². The predicted molar refractivity (Wildman–Crippen MR) is 84.6 cm³/mol. The first kappa shape index (κ1) is 14.8.